The van der Waals surface area contributed by atoms with Crippen LogP contribution in [0.4, 0.5) is 10.1 Å². The van der Waals surface area contributed by atoms with Gasteiger partial charge >= 0.3 is 0 Å². The van der Waals surface area contributed by atoms with Crippen LogP contribution in [-0.4, -0.2) is 17.6 Å². The van der Waals surface area contributed by atoms with E-state index in [9.17, 15) is 14.3 Å². The van der Waals surface area contributed by atoms with E-state index in [1.165, 1.54) is 12.1 Å². The van der Waals surface area contributed by atoms with Gasteiger partial charge in [-0.3, -0.25) is 4.79 Å². The second kappa shape index (κ2) is 5.46. The number of benzene rings is 2. The molecule has 1 aliphatic rings. The highest BCUT2D eigenvalue weighted by Gasteiger charge is 2.20. The molecule has 1 amide bonds. The van der Waals surface area contributed by atoms with Crippen LogP contribution in [-0.2, 0) is 4.79 Å². The highest BCUT2D eigenvalue weighted by Crippen LogP contribution is 2.33. The molecule has 0 saturated heterocycles. The van der Waals surface area contributed by atoms with Gasteiger partial charge < -0.3 is 15.2 Å². The molecule has 0 saturated carbocycles. The zero-order chi connectivity index (χ0) is 15.0. The topological polar surface area (TPSA) is 58.6 Å². The summed E-state index contributed by atoms with van der Waals surface area (Å²) in [5, 5.41) is 13.0. The molecule has 3 rings (SSSR count). The molecule has 0 radical (unpaired) electrons. The Morgan fingerprint density at radius 3 is 2.90 bits per heavy atom. The molecule has 21 heavy (non-hydrogen) atoms. The molecule has 2 N–H and O–H groups in total. The third-order valence-corrected chi connectivity index (χ3v) is 3.70. The Balaban J connectivity index is 1.98. The number of nitrogens with one attached hydrogen (secondary N) is 1. The molecule has 2 aromatic rings. The van der Waals surface area contributed by atoms with Gasteiger partial charge in [0.25, 0.3) is 5.91 Å². The summed E-state index contributed by atoms with van der Waals surface area (Å²) in [6.07, 6.45) is -1.13. The van der Waals surface area contributed by atoms with E-state index in [4.69, 9.17) is 4.74 Å². The molecule has 0 aromatic heterocycles. The monoisotopic (exact) mass is 351 g/mol. The molecular weight excluding hydrogens is 341 g/mol. The number of amides is 1. The molecule has 1 aliphatic heterocycles. The van der Waals surface area contributed by atoms with E-state index < -0.39 is 11.9 Å². The Labute approximate surface area is 128 Å². The van der Waals surface area contributed by atoms with Gasteiger partial charge in [0.2, 0.25) is 0 Å². The van der Waals surface area contributed by atoms with Crippen LogP contribution in [0.5, 0.6) is 5.75 Å². The molecule has 1 atom stereocenters. The third-order valence-electron chi connectivity index (χ3n) is 3.20. The lowest BCUT2D eigenvalue weighted by molar-refractivity contribution is -0.118. The van der Waals surface area contributed by atoms with E-state index in [0.29, 0.717) is 21.5 Å². The van der Waals surface area contributed by atoms with Crippen molar-refractivity contribution in [2.45, 2.75) is 6.10 Å². The first kappa shape index (κ1) is 14.0. The fraction of sp³-hybridized carbons (Fsp3) is 0.133. The summed E-state index contributed by atoms with van der Waals surface area (Å²) in [6, 6.07) is 9.23. The summed E-state index contributed by atoms with van der Waals surface area (Å²) in [4.78, 5) is 11.3. The van der Waals surface area contributed by atoms with Crippen LogP contribution in [0, 0.1) is 5.82 Å². The van der Waals surface area contributed by atoms with E-state index in [0.717, 1.165) is 0 Å². The van der Waals surface area contributed by atoms with Crippen molar-refractivity contribution in [1.82, 2.24) is 0 Å². The van der Waals surface area contributed by atoms with Gasteiger partial charge in [0.05, 0.1) is 5.69 Å². The number of halogens is 2. The van der Waals surface area contributed by atoms with Gasteiger partial charge in [-0.15, -0.1) is 0 Å². The molecular formula is C15H11BrFNO3. The summed E-state index contributed by atoms with van der Waals surface area (Å²) >= 11 is 3.25. The Morgan fingerprint density at radius 2 is 2.10 bits per heavy atom. The molecule has 2 aromatic carbocycles. The number of hydrogen-bond donors (Lipinski definition) is 2. The van der Waals surface area contributed by atoms with Gasteiger partial charge in [0.1, 0.15) is 17.7 Å². The van der Waals surface area contributed by atoms with Crippen molar-refractivity contribution < 1.29 is 19.0 Å². The van der Waals surface area contributed by atoms with Crippen molar-refractivity contribution in [1.29, 1.82) is 0 Å². The van der Waals surface area contributed by atoms with Crippen LogP contribution in [0.2, 0.25) is 0 Å². The maximum absolute atomic E-state index is 13.8. The number of ether oxygens (including phenoxy) is 1. The number of anilines is 1. The van der Waals surface area contributed by atoms with Crippen LogP contribution in [0.25, 0.3) is 0 Å². The van der Waals surface area contributed by atoms with Gasteiger partial charge in [0, 0.05) is 10.0 Å². The van der Waals surface area contributed by atoms with Gasteiger partial charge in [-0.05, 0) is 35.9 Å². The van der Waals surface area contributed by atoms with Crippen LogP contribution >= 0.6 is 15.9 Å². The Morgan fingerprint density at radius 1 is 1.29 bits per heavy atom. The fourth-order valence-electron chi connectivity index (χ4n) is 2.17. The van der Waals surface area contributed by atoms with Crippen LogP contribution < -0.4 is 10.1 Å². The fourth-order valence-corrected chi connectivity index (χ4v) is 2.55. The van der Waals surface area contributed by atoms with E-state index >= 15 is 0 Å². The van der Waals surface area contributed by atoms with Crippen molar-refractivity contribution >= 4 is 27.5 Å². The smallest absolute Gasteiger partial charge is 0.262 e. The molecule has 4 nitrogen and oxygen atoms in total. The minimum absolute atomic E-state index is 0.0326. The number of carbonyl (C=O) groups excluding carboxylic acids is 1. The average molecular weight is 352 g/mol. The Kier molecular flexibility index (Phi) is 3.65. The van der Waals surface area contributed by atoms with Crippen LogP contribution in [0.15, 0.2) is 40.9 Å². The van der Waals surface area contributed by atoms with Crippen molar-refractivity contribution in [2.24, 2.45) is 0 Å². The first-order valence-electron chi connectivity index (χ1n) is 6.24. The Hall–Kier alpha value is -1.92. The molecule has 0 aliphatic carbocycles. The summed E-state index contributed by atoms with van der Waals surface area (Å²) in [5.74, 6) is -0.230. The lowest BCUT2D eigenvalue weighted by atomic mass is 10.00. The second-order valence-corrected chi connectivity index (χ2v) is 5.58. The van der Waals surface area contributed by atoms with Gasteiger partial charge in [-0.1, -0.05) is 22.0 Å². The normalized spacial score (nSPS) is 14.9. The number of rotatable bonds is 2. The molecule has 108 valence electrons. The summed E-state index contributed by atoms with van der Waals surface area (Å²) in [6.45, 7) is -0.0326. The molecule has 1 heterocycles. The standard InChI is InChI=1S/C15H11BrFNO3/c16-9-2-3-11(17)10(6-9)15(20)8-1-4-13-12(5-8)18-14(19)7-21-13/h1-6,15,20H,7H2,(H,18,19). The molecule has 0 spiro atoms. The van der Waals surface area contributed by atoms with Crippen molar-refractivity contribution in [2.75, 3.05) is 11.9 Å². The second-order valence-electron chi connectivity index (χ2n) is 4.66. The predicted octanol–water partition coefficient (Wildman–Crippen LogP) is 3.00. The third kappa shape index (κ3) is 2.77. The van der Waals surface area contributed by atoms with Gasteiger partial charge in [0.15, 0.2) is 6.61 Å². The van der Waals surface area contributed by atoms with Gasteiger partial charge in [-0.2, -0.15) is 0 Å². The summed E-state index contributed by atoms with van der Waals surface area (Å²) in [5.41, 5.74) is 1.10. The summed E-state index contributed by atoms with van der Waals surface area (Å²) < 4.78 is 19.7. The van der Waals surface area contributed by atoms with E-state index in [-0.39, 0.29) is 18.1 Å². The largest absolute Gasteiger partial charge is 0.482 e. The van der Waals surface area contributed by atoms with E-state index in [1.807, 2.05) is 0 Å². The maximum atomic E-state index is 13.8. The minimum Gasteiger partial charge on any atom is -0.482 e. The number of fused-ring (bicyclic) bond motifs is 1. The highest BCUT2D eigenvalue weighted by atomic mass is 79.9. The van der Waals surface area contributed by atoms with Gasteiger partial charge in [-0.25, -0.2) is 4.39 Å². The first-order valence-corrected chi connectivity index (χ1v) is 7.03. The maximum Gasteiger partial charge on any atom is 0.262 e. The Bertz CT molecular complexity index is 720. The lowest BCUT2D eigenvalue weighted by Crippen LogP contribution is -2.25. The number of carbonyl (C=O) groups is 1. The lowest BCUT2D eigenvalue weighted by Gasteiger charge is -2.20. The average Bonchev–Trinajstić information content (AvgIpc) is 2.48. The predicted molar refractivity (Wildman–Crippen MR) is 78.7 cm³/mol. The van der Waals surface area contributed by atoms with Crippen LogP contribution in [0.3, 0.4) is 0 Å². The number of aliphatic hydroxyl groups is 1. The number of hydrogen-bond acceptors (Lipinski definition) is 3. The molecule has 6 heteroatoms. The SMILES string of the molecule is O=C1COc2ccc(C(O)c3cc(Br)ccc3F)cc2N1. The zero-order valence-electron chi connectivity index (χ0n) is 10.8. The van der Waals surface area contributed by atoms with Crippen LogP contribution in [0.1, 0.15) is 17.2 Å². The first-order chi connectivity index (χ1) is 10.0. The molecule has 1 unspecified atom stereocenters. The van der Waals surface area contributed by atoms with E-state index in [2.05, 4.69) is 21.2 Å². The van der Waals surface area contributed by atoms with Crippen molar-refractivity contribution in [3.8, 4) is 5.75 Å². The quantitative estimate of drug-likeness (QED) is 0.874. The zero-order valence-corrected chi connectivity index (χ0v) is 12.4. The van der Waals surface area contributed by atoms with E-state index in [1.54, 1.807) is 24.3 Å². The van der Waals surface area contributed by atoms with Crippen molar-refractivity contribution in [3.63, 3.8) is 0 Å². The number of aliphatic hydroxyl groups excluding tert-OH is 1. The summed E-state index contributed by atoms with van der Waals surface area (Å²) in [7, 11) is 0. The minimum atomic E-state index is -1.13. The molecule has 0 bridgehead atoms. The highest BCUT2D eigenvalue weighted by molar-refractivity contribution is 9.10. The van der Waals surface area contributed by atoms with Crippen molar-refractivity contribution in [3.05, 3.63) is 57.8 Å². The molecule has 0 fully saturated rings.